The molecule has 0 saturated carbocycles. The van der Waals surface area contributed by atoms with E-state index in [2.05, 4.69) is 10.1 Å². The number of benzene rings is 3. The molecule has 162 valence electrons. The van der Waals surface area contributed by atoms with E-state index < -0.39 is 17.7 Å². The quantitative estimate of drug-likeness (QED) is 0.265. The largest absolute Gasteiger partial charge is 0.494 e. The maximum absolute atomic E-state index is 14.0. The molecule has 1 heterocycles. The Kier molecular flexibility index (Phi) is 5.77. The average Bonchev–Trinajstić information content (AvgIpc) is 3.19. The second kappa shape index (κ2) is 8.66. The highest BCUT2D eigenvalue weighted by atomic mass is 19.4. The summed E-state index contributed by atoms with van der Waals surface area (Å²) in [5, 5.41) is 3.88. The number of hydrogen-bond acceptors (Lipinski definition) is 3. The van der Waals surface area contributed by atoms with Gasteiger partial charge in [0.25, 0.3) is 0 Å². The van der Waals surface area contributed by atoms with Crippen LogP contribution < -0.4 is 4.74 Å². The Hall–Kier alpha value is -3.94. The van der Waals surface area contributed by atoms with Crippen LogP contribution in [0.3, 0.4) is 0 Å². The number of aromatic nitrogens is 2. The Bertz CT molecular complexity index is 1250. The molecule has 0 saturated heterocycles. The van der Waals surface area contributed by atoms with Gasteiger partial charge in [0, 0.05) is 11.8 Å². The zero-order valence-electron chi connectivity index (χ0n) is 16.8. The van der Waals surface area contributed by atoms with Gasteiger partial charge in [0.1, 0.15) is 17.3 Å². The summed E-state index contributed by atoms with van der Waals surface area (Å²) in [7, 11) is 1.45. The van der Waals surface area contributed by atoms with Crippen molar-refractivity contribution in [3.8, 4) is 22.7 Å². The Morgan fingerprint density at radius 2 is 1.56 bits per heavy atom. The number of nitrogens with zero attached hydrogens (tertiary/aromatic N) is 3. The van der Waals surface area contributed by atoms with Crippen LogP contribution in [0, 0.1) is 5.82 Å². The third-order valence-corrected chi connectivity index (χ3v) is 4.73. The first kappa shape index (κ1) is 21.3. The molecule has 32 heavy (non-hydrogen) atoms. The fourth-order valence-electron chi connectivity index (χ4n) is 3.27. The van der Waals surface area contributed by atoms with Crippen LogP contribution >= 0.6 is 0 Å². The Labute approximate surface area is 181 Å². The van der Waals surface area contributed by atoms with Crippen LogP contribution in [0.25, 0.3) is 16.9 Å². The molecule has 0 atom stereocenters. The monoisotopic (exact) mass is 439 g/mol. The van der Waals surface area contributed by atoms with Gasteiger partial charge in [-0.15, -0.1) is 0 Å². The fraction of sp³-hybridized carbons (Fsp3) is 0.0833. The number of aliphatic imine (C=N–C) groups is 1. The van der Waals surface area contributed by atoms with Crippen molar-refractivity contribution in [1.29, 1.82) is 0 Å². The molecule has 3 aromatic carbocycles. The maximum Gasteiger partial charge on any atom is 0.435 e. The van der Waals surface area contributed by atoms with Gasteiger partial charge in [-0.3, -0.25) is 4.99 Å². The van der Waals surface area contributed by atoms with E-state index in [1.165, 1.54) is 36.1 Å². The molecule has 0 aliphatic heterocycles. The van der Waals surface area contributed by atoms with Gasteiger partial charge in [-0.2, -0.15) is 18.3 Å². The number of ether oxygens (including phenoxy) is 1. The summed E-state index contributed by atoms with van der Waals surface area (Å²) in [5.41, 5.74) is -0.0463. The first-order valence-electron chi connectivity index (χ1n) is 9.57. The summed E-state index contributed by atoms with van der Waals surface area (Å²) in [5.74, 6) is -0.0871. The highest BCUT2D eigenvalue weighted by Gasteiger charge is 2.39. The van der Waals surface area contributed by atoms with Gasteiger partial charge in [0.05, 0.1) is 24.1 Å². The minimum Gasteiger partial charge on any atom is -0.494 e. The summed E-state index contributed by atoms with van der Waals surface area (Å²) in [6.45, 7) is 0. The molecule has 0 spiro atoms. The summed E-state index contributed by atoms with van der Waals surface area (Å²) >= 11 is 0. The fourth-order valence-corrected chi connectivity index (χ4v) is 3.27. The lowest BCUT2D eigenvalue weighted by molar-refractivity contribution is -0.141. The van der Waals surface area contributed by atoms with E-state index in [0.717, 1.165) is 6.21 Å². The Balaban J connectivity index is 1.99. The van der Waals surface area contributed by atoms with Crippen molar-refractivity contribution in [2.75, 3.05) is 7.11 Å². The number of para-hydroxylation sites is 3. The first-order chi connectivity index (χ1) is 15.4. The van der Waals surface area contributed by atoms with E-state index in [1.807, 2.05) is 0 Å². The van der Waals surface area contributed by atoms with Crippen molar-refractivity contribution in [2.45, 2.75) is 6.18 Å². The zero-order chi connectivity index (χ0) is 22.7. The van der Waals surface area contributed by atoms with Crippen LogP contribution in [0.2, 0.25) is 0 Å². The molecule has 0 bridgehead atoms. The molecule has 4 rings (SSSR count). The minimum atomic E-state index is -4.74. The third kappa shape index (κ3) is 4.25. The molecule has 1 aromatic heterocycles. The predicted molar refractivity (Wildman–Crippen MR) is 114 cm³/mol. The van der Waals surface area contributed by atoms with Gasteiger partial charge in [-0.25, -0.2) is 9.07 Å². The molecule has 0 amide bonds. The molecule has 0 fully saturated rings. The van der Waals surface area contributed by atoms with Crippen molar-refractivity contribution in [1.82, 2.24) is 9.78 Å². The van der Waals surface area contributed by atoms with E-state index in [9.17, 15) is 17.6 Å². The number of hydrogen-bond donors (Lipinski definition) is 0. The lowest BCUT2D eigenvalue weighted by atomic mass is 10.1. The normalized spacial score (nSPS) is 11.8. The Morgan fingerprint density at radius 1 is 0.906 bits per heavy atom. The molecular formula is C24H17F4N3O. The summed E-state index contributed by atoms with van der Waals surface area (Å²) < 4.78 is 61.9. The standard InChI is InChI=1S/C24H17F4N3O/c1-32-21-10-6-5-9-20(21)29-15-19-22(16-11-13-17(25)14-12-16)31(18-7-3-2-4-8-18)30-23(19)24(26,27)28/h2-15H,1H3. The number of alkyl halides is 3. The minimum absolute atomic E-state index is 0.141. The summed E-state index contributed by atoms with van der Waals surface area (Å²) in [6.07, 6.45) is -3.62. The zero-order valence-corrected chi connectivity index (χ0v) is 16.8. The highest BCUT2D eigenvalue weighted by molar-refractivity contribution is 5.93. The van der Waals surface area contributed by atoms with Crippen LogP contribution in [0.4, 0.5) is 23.2 Å². The average molecular weight is 439 g/mol. The molecule has 0 aliphatic rings. The first-order valence-corrected chi connectivity index (χ1v) is 9.57. The number of halogens is 4. The van der Waals surface area contributed by atoms with E-state index in [4.69, 9.17) is 4.74 Å². The van der Waals surface area contributed by atoms with Gasteiger partial charge in [0.2, 0.25) is 0 Å². The molecule has 0 aliphatic carbocycles. The highest BCUT2D eigenvalue weighted by Crippen LogP contribution is 2.37. The van der Waals surface area contributed by atoms with E-state index in [-0.39, 0.29) is 11.3 Å². The third-order valence-electron chi connectivity index (χ3n) is 4.73. The predicted octanol–water partition coefficient (Wildman–Crippen LogP) is 6.46. The van der Waals surface area contributed by atoms with Crippen molar-refractivity contribution in [2.24, 2.45) is 4.99 Å². The molecule has 4 aromatic rings. The van der Waals surface area contributed by atoms with Crippen molar-refractivity contribution in [3.05, 3.63) is 95.9 Å². The van der Waals surface area contributed by atoms with Crippen molar-refractivity contribution in [3.63, 3.8) is 0 Å². The number of methoxy groups -OCH3 is 1. The SMILES string of the molecule is COc1ccccc1N=Cc1c(C(F)(F)F)nn(-c2ccccc2)c1-c1ccc(F)cc1. The van der Waals surface area contributed by atoms with Gasteiger partial charge in [0.15, 0.2) is 5.69 Å². The van der Waals surface area contributed by atoms with Gasteiger partial charge in [-0.1, -0.05) is 30.3 Å². The van der Waals surface area contributed by atoms with E-state index in [1.54, 1.807) is 54.6 Å². The smallest absolute Gasteiger partial charge is 0.435 e. The van der Waals surface area contributed by atoms with Crippen molar-refractivity contribution >= 4 is 11.9 Å². The van der Waals surface area contributed by atoms with Gasteiger partial charge in [-0.05, 0) is 48.5 Å². The lowest BCUT2D eigenvalue weighted by Gasteiger charge is -2.09. The van der Waals surface area contributed by atoms with Crippen LogP contribution in [-0.4, -0.2) is 23.1 Å². The second-order valence-electron chi connectivity index (χ2n) is 6.79. The molecule has 8 heteroatoms. The molecule has 0 N–H and O–H groups in total. The molecular weight excluding hydrogens is 422 g/mol. The Morgan fingerprint density at radius 3 is 2.22 bits per heavy atom. The molecule has 0 radical (unpaired) electrons. The summed E-state index contributed by atoms with van der Waals surface area (Å²) in [4.78, 5) is 4.25. The lowest BCUT2D eigenvalue weighted by Crippen LogP contribution is -2.09. The van der Waals surface area contributed by atoms with Gasteiger partial charge < -0.3 is 4.74 Å². The second-order valence-corrected chi connectivity index (χ2v) is 6.79. The molecule has 0 unspecified atom stereocenters. The van der Waals surface area contributed by atoms with Crippen LogP contribution in [0.1, 0.15) is 11.3 Å². The maximum atomic E-state index is 14.0. The van der Waals surface area contributed by atoms with Crippen molar-refractivity contribution < 1.29 is 22.3 Å². The topological polar surface area (TPSA) is 39.4 Å². The van der Waals surface area contributed by atoms with Crippen LogP contribution in [0.15, 0.2) is 83.9 Å². The number of rotatable bonds is 5. The van der Waals surface area contributed by atoms with Crippen LogP contribution in [0.5, 0.6) is 5.75 Å². The van der Waals surface area contributed by atoms with E-state index >= 15 is 0 Å². The summed E-state index contributed by atoms with van der Waals surface area (Å²) in [6, 6.07) is 20.3. The van der Waals surface area contributed by atoms with Crippen LogP contribution in [-0.2, 0) is 6.18 Å². The van der Waals surface area contributed by atoms with E-state index in [0.29, 0.717) is 22.7 Å². The molecule has 4 nitrogen and oxygen atoms in total. The van der Waals surface area contributed by atoms with Gasteiger partial charge >= 0.3 is 6.18 Å².